The van der Waals surface area contributed by atoms with Crippen LogP contribution in [0.3, 0.4) is 0 Å². The Bertz CT molecular complexity index is 923. The summed E-state index contributed by atoms with van der Waals surface area (Å²) in [6.07, 6.45) is 3.97. The number of ether oxygens (including phenoxy) is 1. The number of rotatable bonds is 9. The summed E-state index contributed by atoms with van der Waals surface area (Å²) in [5.41, 5.74) is 3.02. The maximum Gasteiger partial charge on any atom is 0.338 e. The molecule has 3 rings (SSSR count). The van der Waals surface area contributed by atoms with Crippen LogP contribution >= 0.6 is 0 Å². The van der Waals surface area contributed by atoms with E-state index in [9.17, 15) is 14.4 Å². The number of carbonyl (C=O) groups excluding carboxylic acids is 3. The fraction of sp³-hybridized carbons (Fsp3) is 0.400. The van der Waals surface area contributed by atoms with Crippen molar-refractivity contribution in [3.05, 3.63) is 59.7 Å². The molecule has 1 fully saturated rings. The first kappa shape index (κ1) is 22.5. The van der Waals surface area contributed by atoms with Gasteiger partial charge in [-0.25, -0.2) is 4.79 Å². The zero-order valence-electron chi connectivity index (χ0n) is 18.2. The van der Waals surface area contributed by atoms with Crippen molar-refractivity contribution in [1.82, 2.24) is 0 Å². The third kappa shape index (κ3) is 5.72. The van der Waals surface area contributed by atoms with Crippen LogP contribution in [-0.4, -0.2) is 30.9 Å². The molecule has 0 aromatic heterocycles. The van der Waals surface area contributed by atoms with Crippen molar-refractivity contribution in [3.8, 4) is 0 Å². The van der Waals surface area contributed by atoms with E-state index >= 15 is 0 Å². The van der Waals surface area contributed by atoms with Crippen LogP contribution in [0.2, 0.25) is 0 Å². The summed E-state index contributed by atoms with van der Waals surface area (Å²) in [5, 5.41) is 2.86. The van der Waals surface area contributed by atoms with Crippen LogP contribution < -0.4 is 10.2 Å². The molecular formula is C25H30N2O4. The number of aryl methyl sites for hydroxylation is 1. The van der Waals surface area contributed by atoms with Crippen LogP contribution in [0.15, 0.2) is 48.5 Å². The first-order valence-electron chi connectivity index (χ1n) is 11.0. The molecule has 2 aromatic carbocycles. The monoisotopic (exact) mass is 422 g/mol. The highest BCUT2D eigenvalue weighted by molar-refractivity contribution is 6.04. The predicted molar refractivity (Wildman–Crippen MR) is 121 cm³/mol. The Morgan fingerprint density at radius 3 is 2.52 bits per heavy atom. The second kappa shape index (κ2) is 10.8. The standard InChI is InChI=1S/C25H30N2O4/c1-3-5-8-15-31-25(30)19-11-13-21(14-12-19)26-24(29)20-16-23(28)27(17-20)22-10-7-6-9-18(22)4-2/h6-7,9-14,20H,3-5,8,15-17H2,1-2H3,(H,26,29)/t20-/m1/s1. The molecule has 1 heterocycles. The summed E-state index contributed by atoms with van der Waals surface area (Å²) < 4.78 is 5.25. The first-order chi connectivity index (χ1) is 15.0. The van der Waals surface area contributed by atoms with Gasteiger partial charge in [0.05, 0.1) is 18.1 Å². The quantitative estimate of drug-likeness (QED) is 0.474. The molecule has 1 atom stereocenters. The highest BCUT2D eigenvalue weighted by Gasteiger charge is 2.35. The SMILES string of the molecule is CCCCCOC(=O)c1ccc(NC(=O)[C@@H]2CC(=O)N(c3ccccc3CC)C2)cc1. The van der Waals surface area contributed by atoms with Gasteiger partial charge >= 0.3 is 5.97 Å². The van der Waals surface area contributed by atoms with Gasteiger partial charge in [0.15, 0.2) is 0 Å². The van der Waals surface area contributed by atoms with Gasteiger partial charge in [0.1, 0.15) is 0 Å². The molecule has 6 nitrogen and oxygen atoms in total. The molecule has 0 aliphatic carbocycles. The molecule has 1 aliphatic rings. The first-order valence-corrected chi connectivity index (χ1v) is 11.0. The van der Waals surface area contributed by atoms with Crippen LogP contribution in [0.4, 0.5) is 11.4 Å². The smallest absolute Gasteiger partial charge is 0.338 e. The van der Waals surface area contributed by atoms with Crippen LogP contribution in [-0.2, 0) is 20.7 Å². The van der Waals surface area contributed by atoms with Crippen LogP contribution in [0, 0.1) is 5.92 Å². The van der Waals surface area contributed by atoms with Crippen molar-refractivity contribution in [3.63, 3.8) is 0 Å². The number of esters is 1. The fourth-order valence-electron chi connectivity index (χ4n) is 3.72. The Labute approximate surface area is 183 Å². The minimum Gasteiger partial charge on any atom is -0.462 e. The zero-order valence-corrected chi connectivity index (χ0v) is 18.2. The van der Waals surface area contributed by atoms with Crippen molar-refractivity contribution in [2.45, 2.75) is 46.0 Å². The molecule has 6 heteroatoms. The number of hydrogen-bond donors (Lipinski definition) is 1. The van der Waals surface area contributed by atoms with Gasteiger partial charge in [-0.05, 0) is 48.7 Å². The lowest BCUT2D eigenvalue weighted by Crippen LogP contribution is -2.28. The minimum atomic E-state index is -0.416. The molecule has 1 saturated heterocycles. The summed E-state index contributed by atoms with van der Waals surface area (Å²) in [7, 11) is 0. The zero-order chi connectivity index (χ0) is 22.2. The second-order valence-electron chi connectivity index (χ2n) is 7.80. The van der Waals surface area contributed by atoms with Crippen LogP contribution in [0.5, 0.6) is 0 Å². The molecule has 0 saturated carbocycles. The van der Waals surface area contributed by atoms with Crippen molar-refractivity contribution in [1.29, 1.82) is 0 Å². The molecule has 31 heavy (non-hydrogen) atoms. The highest BCUT2D eigenvalue weighted by atomic mass is 16.5. The summed E-state index contributed by atoms with van der Waals surface area (Å²) in [6, 6.07) is 14.4. The number of unbranched alkanes of at least 4 members (excludes halogenated alkanes) is 2. The van der Waals surface area contributed by atoms with E-state index < -0.39 is 5.92 Å². The normalized spacial score (nSPS) is 15.7. The van der Waals surface area contributed by atoms with Gasteiger partial charge in [0.2, 0.25) is 11.8 Å². The maximum absolute atomic E-state index is 12.7. The van der Waals surface area contributed by atoms with Gasteiger partial charge in [0, 0.05) is 24.3 Å². The van der Waals surface area contributed by atoms with E-state index in [0.29, 0.717) is 24.4 Å². The predicted octanol–water partition coefficient (Wildman–Crippen LogP) is 4.59. The van der Waals surface area contributed by atoms with E-state index in [0.717, 1.165) is 36.9 Å². The molecule has 0 radical (unpaired) electrons. The van der Waals surface area contributed by atoms with E-state index in [2.05, 4.69) is 12.2 Å². The molecule has 1 N–H and O–H groups in total. The van der Waals surface area contributed by atoms with Gasteiger partial charge < -0.3 is 15.0 Å². The number of para-hydroxylation sites is 1. The van der Waals surface area contributed by atoms with Gasteiger partial charge in [-0.2, -0.15) is 0 Å². The summed E-state index contributed by atoms with van der Waals surface area (Å²) in [6.45, 7) is 4.93. The number of carbonyl (C=O) groups is 3. The summed E-state index contributed by atoms with van der Waals surface area (Å²) >= 11 is 0. The van der Waals surface area contributed by atoms with Gasteiger partial charge in [-0.3, -0.25) is 9.59 Å². The van der Waals surface area contributed by atoms with Crippen LogP contribution in [0.1, 0.15) is 55.5 Å². The van der Waals surface area contributed by atoms with Crippen molar-refractivity contribution in [2.75, 3.05) is 23.4 Å². The minimum absolute atomic E-state index is 0.0396. The number of anilines is 2. The van der Waals surface area contributed by atoms with E-state index in [-0.39, 0.29) is 24.2 Å². The average molecular weight is 423 g/mol. The van der Waals surface area contributed by atoms with Crippen LogP contribution in [0.25, 0.3) is 0 Å². The molecule has 0 spiro atoms. The topological polar surface area (TPSA) is 75.7 Å². The Morgan fingerprint density at radius 2 is 1.81 bits per heavy atom. The molecule has 0 unspecified atom stereocenters. The maximum atomic E-state index is 12.7. The molecule has 164 valence electrons. The Balaban J connectivity index is 1.57. The average Bonchev–Trinajstić information content (AvgIpc) is 3.18. The lowest BCUT2D eigenvalue weighted by Gasteiger charge is -2.20. The van der Waals surface area contributed by atoms with Gasteiger partial charge in [-0.15, -0.1) is 0 Å². The number of nitrogens with zero attached hydrogens (tertiary/aromatic N) is 1. The van der Waals surface area contributed by atoms with Crippen molar-refractivity contribution >= 4 is 29.2 Å². The summed E-state index contributed by atoms with van der Waals surface area (Å²) in [5.74, 6) is -1.01. The highest BCUT2D eigenvalue weighted by Crippen LogP contribution is 2.29. The number of benzene rings is 2. The van der Waals surface area contributed by atoms with E-state index in [1.54, 1.807) is 29.2 Å². The molecule has 0 bridgehead atoms. The number of hydrogen-bond acceptors (Lipinski definition) is 4. The molecular weight excluding hydrogens is 392 g/mol. The lowest BCUT2D eigenvalue weighted by atomic mass is 10.1. The van der Waals surface area contributed by atoms with Gasteiger partial charge in [-0.1, -0.05) is 44.9 Å². The number of amides is 2. The van der Waals surface area contributed by atoms with Gasteiger partial charge in [0.25, 0.3) is 0 Å². The Kier molecular flexibility index (Phi) is 7.82. The van der Waals surface area contributed by atoms with E-state index in [4.69, 9.17) is 4.74 Å². The largest absolute Gasteiger partial charge is 0.462 e. The molecule has 2 aromatic rings. The Morgan fingerprint density at radius 1 is 1.06 bits per heavy atom. The van der Waals surface area contributed by atoms with Crippen molar-refractivity contribution < 1.29 is 19.1 Å². The molecule has 1 aliphatic heterocycles. The van der Waals surface area contributed by atoms with E-state index in [1.807, 2.05) is 31.2 Å². The third-order valence-corrected chi connectivity index (χ3v) is 5.53. The fourth-order valence-corrected chi connectivity index (χ4v) is 3.72. The lowest BCUT2D eigenvalue weighted by molar-refractivity contribution is -0.122. The van der Waals surface area contributed by atoms with Crippen molar-refractivity contribution in [2.24, 2.45) is 5.92 Å². The second-order valence-corrected chi connectivity index (χ2v) is 7.80. The summed E-state index contributed by atoms with van der Waals surface area (Å²) in [4.78, 5) is 39.0. The molecule has 2 amide bonds. The Hall–Kier alpha value is -3.15. The number of nitrogens with one attached hydrogen (secondary N) is 1. The van der Waals surface area contributed by atoms with E-state index in [1.165, 1.54) is 0 Å². The third-order valence-electron chi connectivity index (χ3n) is 5.53.